The van der Waals surface area contributed by atoms with Gasteiger partial charge in [-0.3, -0.25) is 4.79 Å². The average Bonchev–Trinajstić information content (AvgIpc) is 2.46. The van der Waals surface area contributed by atoms with Crippen LogP contribution >= 0.6 is 0 Å². The first kappa shape index (κ1) is 14.4. The van der Waals surface area contributed by atoms with Crippen molar-refractivity contribution in [3.8, 4) is 0 Å². The number of aromatic nitrogens is 1. The molecule has 108 valence electrons. The van der Waals surface area contributed by atoms with Gasteiger partial charge < -0.3 is 15.6 Å². The van der Waals surface area contributed by atoms with Gasteiger partial charge in [0.15, 0.2) is 0 Å². The lowest BCUT2D eigenvalue weighted by atomic mass is 10.2. The molecule has 0 fully saturated rings. The monoisotopic (exact) mass is 290 g/mol. The Morgan fingerprint density at radius 1 is 1.14 bits per heavy atom. The number of carbonyl (C=O) groups is 2. The zero-order valence-corrected chi connectivity index (χ0v) is 10.7. The highest BCUT2D eigenvalue weighted by atomic mass is 19.1. The van der Waals surface area contributed by atoms with Crippen LogP contribution in [0.2, 0.25) is 0 Å². The van der Waals surface area contributed by atoms with Crippen LogP contribution in [-0.2, 0) is 6.54 Å². The number of aromatic carboxylic acids is 1. The summed E-state index contributed by atoms with van der Waals surface area (Å²) in [5, 5.41) is 23.0. The minimum atomic E-state index is -1.42. The smallest absolute Gasteiger partial charge is 0.402 e. The number of nitrogens with zero attached hydrogens (tertiary/aromatic N) is 1. The Morgan fingerprint density at radius 3 is 2.38 bits per heavy atom. The average molecular weight is 290 g/mol. The van der Waals surface area contributed by atoms with E-state index in [9.17, 15) is 19.2 Å². The zero-order chi connectivity index (χ0) is 15.4. The molecule has 2 rings (SSSR count). The van der Waals surface area contributed by atoms with Crippen LogP contribution in [0.15, 0.2) is 42.5 Å². The second-order valence-electron chi connectivity index (χ2n) is 4.20. The third-order valence-electron chi connectivity index (χ3n) is 2.76. The van der Waals surface area contributed by atoms with E-state index in [0.29, 0.717) is 5.56 Å². The van der Waals surface area contributed by atoms with Crippen molar-refractivity contribution in [3.63, 3.8) is 0 Å². The summed E-state index contributed by atoms with van der Waals surface area (Å²) in [6, 6.07) is 9.12. The van der Waals surface area contributed by atoms with Crippen molar-refractivity contribution in [2.75, 3.05) is 0 Å². The molecule has 7 heteroatoms. The van der Waals surface area contributed by atoms with E-state index in [0.717, 1.165) is 6.07 Å². The molecule has 0 atom stereocenters. The van der Waals surface area contributed by atoms with Crippen molar-refractivity contribution >= 4 is 11.9 Å². The maximum Gasteiger partial charge on any atom is 0.402 e. The summed E-state index contributed by atoms with van der Waals surface area (Å²) < 4.78 is 12.8. The van der Waals surface area contributed by atoms with E-state index < -0.39 is 23.4 Å². The van der Waals surface area contributed by atoms with Crippen LogP contribution in [0.25, 0.3) is 0 Å². The van der Waals surface area contributed by atoms with Crippen LogP contribution in [0.5, 0.6) is 0 Å². The van der Waals surface area contributed by atoms with Gasteiger partial charge in [0.1, 0.15) is 5.82 Å². The fraction of sp³-hybridized carbons (Fsp3) is 0.0714. The number of hydrogen-bond acceptors (Lipinski definition) is 3. The quantitative estimate of drug-likeness (QED) is 0.651. The van der Waals surface area contributed by atoms with Crippen molar-refractivity contribution in [1.29, 1.82) is 0 Å². The molecular formula is C14H11FN2O4. The SMILES string of the molecule is O=C(O)c1cccc(C(=O)NCc2ccc(F)cc2)[n+]1[O-]. The Morgan fingerprint density at radius 2 is 1.76 bits per heavy atom. The van der Waals surface area contributed by atoms with Crippen LogP contribution < -0.4 is 10.0 Å². The number of carboxylic acids is 1. The highest BCUT2D eigenvalue weighted by Gasteiger charge is 2.22. The van der Waals surface area contributed by atoms with Crippen molar-refractivity contribution < 1.29 is 23.8 Å². The summed E-state index contributed by atoms with van der Waals surface area (Å²) in [7, 11) is 0. The van der Waals surface area contributed by atoms with E-state index in [1.54, 1.807) is 0 Å². The van der Waals surface area contributed by atoms with Gasteiger partial charge in [0, 0.05) is 18.7 Å². The molecule has 1 amide bonds. The summed E-state index contributed by atoms with van der Waals surface area (Å²) in [5.41, 5.74) is -0.210. The van der Waals surface area contributed by atoms with Crippen molar-refractivity contribution in [2.45, 2.75) is 6.54 Å². The fourth-order valence-electron chi connectivity index (χ4n) is 1.70. The predicted molar refractivity (Wildman–Crippen MR) is 69.9 cm³/mol. The van der Waals surface area contributed by atoms with Gasteiger partial charge in [-0.15, -0.1) is 0 Å². The third-order valence-corrected chi connectivity index (χ3v) is 2.76. The number of carbonyl (C=O) groups excluding carboxylic acids is 1. The molecule has 21 heavy (non-hydrogen) atoms. The molecule has 2 aromatic rings. The molecule has 0 aliphatic heterocycles. The Bertz CT molecular complexity index is 686. The minimum absolute atomic E-state index is 0.0579. The highest BCUT2D eigenvalue weighted by Crippen LogP contribution is 2.03. The molecule has 0 saturated heterocycles. The molecule has 0 spiro atoms. The summed E-state index contributed by atoms with van der Waals surface area (Å²) in [4.78, 5) is 22.7. The first-order chi connectivity index (χ1) is 9.99. The summed E-state index contributed by atoms with van der Waals surface area (Å²) in [5.74, 6) is -2.52. The Kier molecular flexibility index (Phi) is 4.13. The lowest BCUT2D eigenvalue weighted by molar-refractivity contribution is -0.610. The van der Waals surface area contributed by atoms with Crippen LogP contribution in [0.1, 0.15) is 26.5 Å². The Labute approximate surface area is 119 Å². The van der Waals surface area contributed by atoms with Crippen molar-refractivity contribution in [1.82, 2.24) is 5.32 Å². The number of nitrogens with one attached hydrogen (secondary N) is 1. The molecule has 0 aliphatic rings. The summed E-state index contributed by atoms with van der Waals surface area (Å²) in [6.45, 7) is 0.0937. The van der Waals surface area contributed by atoms with E-state index in [1.165, 1.54) is 36.4 Å². The molecule has 0 radical (unpaired) electrons. The lowest BCUT2D eigenvalue weighted by Gasteiger charge is -2.07. The topological polar surface area (TPSA) is 93.3 Å². The first-order valence-corrected chi connectivity index (χ1v) is 5.97. The second-order valence-corrected chi connectivity index (χ2v) is 4.20. The maximum absolute atomic E-state index is 12.7. The summed E-state index contributed by atoms with van der Waals surface area (Å²) in [6.07, 6.45) is 0. The van der Waals surface area contributed by atoms with Crippen LogP contribution in [0.3, 0.4) is 0 Å². The van der Waals surface area contributed by atoms with Gasteiger partial charge in [-0.1, -0.05) is 12.1 Å². The number of hydrogen-bond donors (Lipinski definition) is 2. The molecule has 2 N–H and O–H groups in total. The molecule has 6 nitrogen and oxygen atoms in total. The molecule has 1 aromatic heterocycles. The van der Waals surface area contributed by atoms with E-state index in [4.69, 9.17) is 5.11 Å². The van der Waals surface area contributed by atoms with Gasteiger partial charge >= 0.3 is 17.6 Å². The number of benzene rings is 1. The molecular weight excluding hydrogens is 279 g/mol. The van der Waals surface area contributed by atoms with Gasteiger partial charge in [-0.25, -0.2) is 9.18 Å². The maximum atomic E-state index is 12.7. The molecule has 0 aliphatic carbocycles. The van der Waals surface area contributed by atoms with Crippen LogP contribution in [0.4, 0.5) is 4.39 Å². The van der Waals surface area contributed by atoms with E-state index in [-0.39, 0.29) is 17.0 Å². The standard InChI is InChI=1S/C14H11FN2O4/c15-10-6-4-9(5-7-10)8-16-13(18)11-2-1-3-12(14(19)20)17(11)21/h1-7H,8H2,(H,16,18)(H,19,20). The molecule has 1 aromatic carbocycles. The first-order valence-electron chi connectivity index (χ1n) is 5.97. The van der Waals surface area contributed by atoms with Gasteiger partial charge in [0.05, 0.1) is 0 Å². The Balaban J connectivity index is 2.12. The van der Waals surface area contributed by atoms with Crippen molar-refractivity contribution in [3.05, 3.63) is 70.4 Å². The molecule has 1 heterocycles. The predicted octanol–water partition coefficient (Wildman–Crippen LogP) is 1.09. The third kappa shape index (κ3) is 3.33. The fourth-order valence-corrected chi connectivity index (χ4v) is 1.70. The van der Waals surface area contributed by atoms with Gasteiger partial charge in [-0.05, 0) is 23.8 Å². The molecule has 0 saturated carbocycles. The lowest BCUT2D eigenvalue weighted by Crippen LogP contribution is -2.43. The Hall–Kier alpha value is -2.96. The number of carboxylic acid groups (broad SMARTS) is 1. The van der Waals surface area contributed by atoms with E-state index in [1.807, 2.05) is 0 Å². The van der Waals surface area contributed by atoms with Crippen molar-refractivity contribution in [2.24, 2.45) is 0 Å². The number of pyridine rings is 1. The number of amides is 1. The normalized spacial score (nSPS) is 10.1. The molecule has 0 bridgehead atoms. The van der Waals surface area contributed by atoms with Gasteiger partial charge in [0.2, 0.25) is 0 Å². The number of rotatable bonds is 4. The van der Waals surface area contributed by atoms with Gasteiger partial charge in [-0.2, -0.15) is 4.73 Å². The van der Waals surface area contributed by atoms with E-state index in [2.05, 4.69) is 5.32 Å². The molecule has 0 unspecified atom stereocenters. The van der Waals surface area contributed by atoms with Gasteiger partial charge in [0.25, 0.3) is 5.69 Å². The minimum Gasteiger partial charge on any atom is -0.618 e. The zero-order valence-electron chi connectivity index (χ0n) is 10.7. The summed E-state index contributed by atoms with van der Waals surface area (Å²) >= 11 is 0. The number of halogens is 1. The highest BCUT2D eigenvalue weighted by molar-refractivity contribution is 5.91. The second kappa shape index (κ2) is 6.00. The van der Waals surface area contributed by atoms with Crippen LogP contribution in [0, 0.1) is 11.0 Å². The van der Waals surface area contributed by atoms with Crippen LogP contribution in [-0.4, -0.2) is 17.0 Å². The largest absolute Gasteiger partial charge is 0.618 e. The van der Waals surface area contributed by atoms with E-state index >= 15 is 0 Å².